The molecule has 4 aromatic rings. The van der Waals surface area contributed by atoms with E-state index < -0.39 is 0 Å². The molecule has 36 heavy (non-hydrogen) atoms. The van der Waals surface area contributed by atoms with Crippen LogP contribution in [0, 0.1) is 0 Å². The quantitative estimate of drug-likeness (QED) is 0.410. The number of nitrogens with zero attached hydrogens (tertiary/aromatic N) is 6. The smallest absolute Gasteiger partial charge is 0.222 e. The van der Waals surface area contributed by atoms with Crippen LogP contribution in [0.1, 0.15) is 45.9 Å². The minimum atomic E-state index is -0.200. The Hall–Kier alpha value is -3.99. The van der Waals surface area contributed by atoms with Crippen molar-refractivity contribution in [3.63, 3.8) is 0 Å². The molecule has 2 N–H and O–H groups in total. The normalized spacial score (nSPS) is 15.9. The van der Waals surface area contributed by atoms with Gasteiger partial charge in [-0.15, -0.1) is 0 Å². The van der Waals surface area contributed by atoms with Crippen LogP contribution in [0.15, 0.2) is 36.7 Å². The van der Waals surface area contributed by atoms with Gasteiger partial charge in [0.25, 0.3) is 0 Å². The molecule has 11 heteroatoms. The second-order valence-corrected chi connectivity index (χ2v) is 9.92. The van der Waals surface area contributed by atoms with E-state index in [0.717, 1.165) is 30.1 Å². The summed E-state index contributed by atoms with van der Waals surface area (Å²) < 4.78 is 15.6. The van der Waals surface area contributed by atoms with Gasteiger partial charge in [0.2, 0.25) is 11.9 Å². The van der Waals surface area contributed by atoms with Gasteiger partial charge in [-0.2, -0.15) is 10.1 Å². The van der Waals surface area contributed by atoms with E-state index in [1.807, 2.05) is 17.7 Å². The predicted octanol–water partition coefficient (Wildman–Crippen LogP) is 4.31. The van der Waals surface area contributed by atoms with Crippen molar-refractivity contribution in [2.45, 2.75) is 45.6 Å². The molecule has 1 atom stereocenters. The van der Waals surface area contributed by atoms with Crippen LogP contribution in [-0.2, 0) is 22.0 Å². The summed E-state index contributed by atoms with van der Waals surface area (Å²) in [5.74, 6) is 2.64. The number of rotatable bonds is 6. The van der Waals surface area contributed by atoms with Crippen LogP contribution >= 0.6 is 0 Å². The largest absolute Gasteiger partial charge is 0.455 e. The minimum absolute atomic E-state index is 0.0670. The second-order valence-electron chi connectivity index (χ2n) is 9.92. The number of aromatic nitrogens is 6. The van der Waals surface area contributed by atoms with Gasteiger partial charge >= 0.3 is 0 Å². The van der Waals surface area contributed by atoms with Crippen LogP contribution in [0.4, 0.5) is 17.6 Å². The molecule has 1 fully saturated rings. The molecule has 1 aliphatic rings. The summed E-state index contributed by atoms with van der Waals surface area (Å²) in [5.41, 5.74) is 2.46. The predicted molar refractivity (Wildman–Crippen MR) is 136 cm³/mol. The van der Waals surface area contributed by atoms with Gasteiger partial charge in [0.15, 0.2) is 11.5 Å². The summed E-state index contributed by atoms with van der Waals surface area (Å²) in [6, 6.07) is 7.55. The second kappa shape index (κ2) is 9.23. The number of aryl methyl sites for hydroxylation is 1. The Labute approximate surface area is 208 Å². The number of amides is 1. The molecule has 1 saturated heterocycles. The van der Waals surface area contributed by atoms with Gasteiger partial charge < -0.3 is 24.7 Å². The SMILES string of the molecule is CC(=O)Nc1cc(Oc2cnc3nc(Nc4cc(C(C)(C)C)n(C5CCOC5)n4)n(C)c3c2)ccn1. The van der Waals surface area contributed by atoms with Crippen molar-refractivity contribution < 1.29 is 14.3 Å². The highest BCUT2D eigenvalue weighted by atomic mass is 16.5. The van der Waals surface area contributed by atoms with Crippen molar-refractivity contribution in [1.82, 2.24) is 29.3 Å². The Morgan fingerprint density at radius 2 is 2.00 bits per heavy atom. The Balaban J connectivity index is 1.40. The first-order valence-electron chi connectivity index (χ1n) is 11.9. The third-order valence-electron chi connectivity index (χ3n) is 5.98. The van der Waals surface area contributed by atoms with E-state index in [1.54, 1.807) is 24.5 Å². The number of ether oxygens (including phenoxy) is 2. The van der Waals surface area contributed by atoms with Crippen molar-refractivity contribution in [3.8, 4) is 11.5 Å². The number of pyridine rings is 2. The number of fused-ring (bicyclic) bond motifs is 1. The Bertz CT molecular complexity index is 1410. The van der Waals surface area contributed by atoms with Gasteiger partial charge in [-0.25, -0.2) is 9.97 Å². The lowest BCUT2D eigenvalue weighted by Gasteiger charge is -2.22. The molecule has 0 spiro atoms. The van der Waals surface area contributed by atoms with E-state index in [2.05, 4.69) is 57.1 Å². The first kappa shape index (κ1) is 23.7. The van der Waals surface area contributed by atoms with E-state index in [1.165, 1.54) is 6.92 Å². The maximum absolute atomic E-state index is 11.3. The average molecular weight is 491 g/mol. The topological polar surface area (TPSA) is 121 Å². The van der Waals surface area contributed by atoms with Crippen molar-refractivity contribution in [3.05, 3.63) is 42.4 Å². The number of nitrogens with one attached hydrogen (secondary N) is 2. The number of hydrogen-bond donors (Lipinski definition) is 2. The zero-order valence-corrected chi connectivity index (χ0v) is 21.1. The molecule has 1 aliphatic heterocycles. The van der Waals surface area contributed by atoms with E-state index in [4.69, 9.17) is 14.6 Å². The summed E-state index contributed by atoms with van der Waals surface area (Å²) in [6.45, 7) is 9.41. The van der Waals surface area contributed by atoms with Gasteiger partial charge in [-0.05, 0) is 12.5 Å². The van der Waals surface area contributed by atoms with Crippen LogP contribution in [0.2, 0.25) is 0 Å². The summed E-state index contributed by atoms with van der Waals surface area (Å²) in [4.78, 5) is 24.5. The summed E-state index contributed by atoms with van der Waals surface area (Å²) >= 11 is 0. The lowest BCUT2D eigenvalue weighted by atomic mass is 9.91. The van der Waals surface area contributed by atoms with Crippen molar-refractivity contribution in [2.24, 2.45) is 7.05 Å². The third kappa shape index (κ3) is 4.87. The molecular weight excluding hydrogens is 460 g/mol. The molecule has 0 aromatic carbocycles. The molecule has 11 nitrogen and oxygen atoms in total. The molecule has 0 radical (unpaired) electrons. The maximum atomic E-state index is 11.3. The number of hydrogen-bond acceptors (Lipinski definition) is 8. The number of imidazole rings is 1. The van der Waals surface area contributed by atoms with Gasteiger partial charge in [-0.1, -0.05) is 20.8 Å². The molecule has 4 aromatic heterocycles. The van der Waals surface area contributed by atoms with Gasteiger partial charge in [0.05, 0.1) is 24.4 Å². The van der Waals surface area contributed by atoms with E-state index in [-0.39, 0.29) is 17.4 Å². The zero-order valence-electron chi connectivity index (χ0n) is 21.1. The molecule has 0 bridgehead atoms. The van der Waals surface area contributed by atoms with E-state index >= 15 is 0 Å². The number of carbonyl (C=O) groups is 1. The molecule has 0 saturated carbocycles. The summed E-state index contributed by atoms with van der Waals surface area (Å²) in [7, 11) is 1.91. The van der Waals surface area contributed by atoms with Crippen LogP contribution < -0.4 is 15.4 Å². The number of carbonyl (C=O) groups excluding carboxylic acids is 1. The Kier molecular flexibility index (Phi) is 6.09. The van der Waals surface area contributed by atoms with Gasteiger partial charge in [-0.3, -0.25) is 9.48 Å². The molecule has 188 valence electrons. The molecule has 5 rings (SSSR count). The highest BCUT2D eigenvalue weighted by Gasteiger charge is 2.28. The summed E-state index contributed by atoms with van der Waals surface area (Å²) in [5, 5.41) is 10.9. The minimum Gasteiger partial charge on any atom is -0.455 e. The molecule has 1 amide bonds. The fourth-order valence-electron chi connectivity index (χ4n) is 4.20. The number of anilines is 3. The van der Waals surface area contributed by atoms with Crippen molar-refractivity contribution in [2.75, 3.05) is 23.8 Å². The van der Waals surface area contributed by atoms with Crippen LogP contribution in [0.5, 0.6) is 11.5 Å². The van der Waals surface area contributed by atoms with Crippen LogP contribution in [0.25, 0.3) is 11.2 Å². The van der Waals surface area contributed by atoms with Crippen molar-refractivity contribution >= 4 is 34.7 Å². The van der Waals surface area contributed by atoms with E-state index in [0.29, 0.717) is 35.5 Å². The molecule has 1 unspecified atom stereocenters. The van der Waals surface area contributed by atoms with Crippen LogP contribution in [0.3, 0.4) is 0 Å². The standard InChI is InChI=1S/C25H30N8O3/c1-15(34)28-21-11-17(6-8-26-21)36-18-10-19-23(27-13-18)30-24(32(19)5)29-22-12-20(25(2,3)4)33(31-22)16-7-9-35-14-16/h6,8,10-13,16H,7,9,14H2,1-5H3,(H,26,28,34)(H,27,29,30,31). The fraction of sp³-hybridized carbons (Fsp3) is 0.400. The fourth-order valence-corrected chi connectivity index (χ4v) is 4.20. The highest BCUT2D eigenvalue weighted by Crippen LogP contribution is 2.32. The zero-order chi connectivity index (χ0) is 25.4. The lowest BCUT2D eigenvalue weighted by molar-refractivity contribution is -0.114. The monoisotopic (exact) mass is 490 g/mol. The average Bonchev–Trinajstić information content (AvgIpc) is 3.54. The molecule has 0 aliphatic carbocycles. The van der Waals surface area contributed by atoms with Crippen molar-refractivity contribution in [1.29, 1.82) is 0 Å². The van der Waals surface area contributed by atoms with Gasteiger partial charge in [0.1, 0.15) is 17.3 Å². The lowest BCUT2D eigenvalue weighted by Crippen LogP contribution is -2.22. The Morgan fingerprint density at radius 1 is 1.17 bits per heavy atom. The molecular formula is C25H30N8O3. The third-order valence-corrected chi connectivity index (χ3v) is 5.98. The van der Waals surface area contributed by atoms with E-state index in [9.17, 15) is 4.79 Å². The van der Waals surface area contributed by atoms with Crippen LogP contribution in [-0.4, -0.2) is 48.4 Å². The molecule has 5 heterocycles. The Morgan fingerprint density at radius 3 is 2.72 bits per heavy atom. The first-order chi connectivity index (χ1) is 17.2. The summed E-state index contributed by atoms with van der Waals surface area (Å²) in [6.07, 6.45) is 4.14. The van der Waals surface area contributed by atoms with Gasteiger partial charge in [0, 0.05) is 56.1 Å². The first-order valence-corrected chi connectivity index (χ1v) is 11.9. The maximum Gasteiger partial charge on any atom is 0.222 e. The highest BCUT2D eigenvalue weighted by molar-refractivity contribution is 5.87.